The van der Waals surface area contributed by atoms with E-state index in [1.54, 1.807) is 25.2 Å². The predicted molar refractivity (Wildman–Crippen MR) is 78.8 cm³/mol. The smallest absolute Gasteiger partial charge is 0.270 e. The number of hydrogen-bond acceptors (Lipinski definition) is 4. The lowest BCUT2D eigenvalue weighted by Gasteiger charge is -2.22. The topological polar surface area (TPSA) is 69.7 Å². The van der Waals surface area contributed by atoms with E-state index in [4.69, 9.17) is 15.2 Å². The lowest BCUT2D eigenvalue weighted by Crippen LogP contribution is -2.37. The zero-order valence-corrected chi connectivity index (χ0v) is 12.6. The van der Waals surface area contributed by atoms with Crippen LogP contribution < -0.4 is 5.73 Å². The largest absolute Gasteiger partial charge is 0.397 e. The molecular weight excluding hydrogens is 258 g/mol. The Morgan fingerprint density at radius 3 is 2.40 bits per heavy atom. The Hall–Kier alpha value is -1.53. The molecule has 0 radical (unpaired) electrons. The fourth-order valence-electron chi connectivity index (χ4n) is 2.02. The Bertz CT molecular complexity index is 410. The van der Waals surface area contributed by atoms with Gasteiger partial charge in [0.1, 0.15) is 5.69 Å². The minimum atomic E-state index is -0.0377. The maximum absolute atomic E-state index is 12.6. The van der Waals surface area contributed by atoms with Crippen LogP contribution in [0, 0.1) is 0 Å². The summed E-state index contributed by atoms with van der Waals surface area (Å²) in [6, 6.07) is 1.73. The third-order valence-electron chi connectivity index (χ3n) is 3.02. The molecule has 6 heteroatoms. The van der Waals surface area contributed by atoms with Crippen molar-refractivity contribution in [2.24, 2.45) is 0 Å². The molecule has 0 bridgehead atoms. The van der Waals surface area contributed by atoms with E-state index in [0.717, 1.165) is 13.0 Å². The number of ether oxygens (including phenoxy) is 2. The van der Waals surface area contributed by atoms with Crippen LogP contribution >= 0.6 is 0 Å². The maximum atomic E-state index is 12.6. The SMILES string of the molecule is CCCn1cc(N)cc1C(=O)N(CCOC)CCOC. The summed E-state index contributed by atoms with van der Waals surface area (Å²) in [5, 5.41) is 0. The molecule has 1 heterocycles. The van der Waals surface area contributed by atoms with Gasteiger partial charge in [-0.3, -0.25) is 4.79 Å². The second-order valence-corrected chi connectivity index (χ2v) is 4.63. The molecule has 0 saturated carbocycles. The fourth-order valence-corrected chi connectivity index (χ4v) is 2.02. The Labute approximate surface area is 120 Å². The van der Waals surface area contributed by atoms with Gasteiger partial charge in [-0.1, -0.05) is 6.92 Å². The summed E-state index contributed by atoms with van der Waals surface area (Å²) in [7, 11) is 3.24. The molecule has 1 amide bonds. The van der Waals surface area contributed by atoms with Gasteiger partial charge in [-0.2, -0.15) is 0 Å². The Kier molecular flexibility index (Phi) is 7.11. The van der Waals surface area contributed by atoms with Crippen LogP contribution in [0.5, 0.6) is 0 Å². The Morgan fingerprint density at radius 2 is 1.90 bits per heavy atom. The monoisotopic (exact) mass is 283 g/mol. The number of hydrogen-bond donors (Lipinski definition) is 1. The first-order chi connectivity index (χ1) is 9.63. The lowest BCUT2D eigenvalue weighted by molar-refractivity contribution is 0.0617. The Morgan fingerprint density at radius 1 is 1.30 bits per heavy atom. The van der Waals surface area contributed by atoms with Gasteiger partial charge >= 0.3 is 0 Å². The van der Waals surface area contributed by atoms with Gasteiger partial charge in [-0.25, -0.2) is 0 Å². The van der Waals surface area contributed by atoms with Crippen LogP contribution in [0.25, 0.3) is 0 Å². The number of aryl methyl sites for hydroxylation is 1. The third kappa shape index (κ3) is 4.54. The number of nitrogen functional groups attached to an aromatic ring is 1. The van der Waals surface area contributed by atoms with Crippen LogP contribution in [0.15, 0.2) is 12.3 Å². The molecule has 2 N–H and O–H groups in total. The number of rotatable bonds is 9. The molecule has 0 aliphatic rings. The van der Waals surface area contributed by atoms with Gasteiger partial charge in [0, 0.05) is 40.1 Å². The van der Waals surface area contributed by atoms with Crippen molar-refractivity contribution < 1.29 is 14.3 Å². The van der Waals surface area contributed by atoms with E-state index in [9.17, 15) is 4.79 Å². The van der Waals surface area contributed by atoms with E-state index in [1.807, 2.05) is 10.8 Å². The van der Waals surface area contributed by atoms with Gasteiger partial charge in [0.05, 0.1) is 18.9 Å². The number of methoxy groups -OCH3 is 2. The molecule has 114 valence electrons. The van der Waals surface area contributed by atoms with Crippen molar-refractivity contribution in [1.29, 1.82) is 0 Å². The van der Waals surface area contributed by atoms with Crippen LogP contribution in [-0.2, 0) is 16.0 Å². The van der Waals surface area contributed by atoms with E-state index in [1.165, 1.54) is 0 Å². The lowest BCUT2D eigenvalue weighted by atomic mass is 10.3. The van der Waals surface area contributed by atoms with E-state index in [0.29, 0.717) is 37.7 Å². The van der Waals surface area contributed by atoms with Crippen molar-refractivity contribution in [3.63, 3.8) is 0 Å². The summed E-state index contributed by atoms with van der Waals surface area (Å²) in [4.78, 5) is 14.3. The molecule has 0 aliphatic heterocycles. The quantitative estimate of drug-likeness (QED) is 0.739. The van der Waals surface area contributed by atoms with Gasteiger partial charge in [-0.05, 0) is 12.5 Å². The molecule has 0 fully saturated rings. The molecule has 1 rings (SSSR count). The summed E-state index contributed by atoms with van der Waals surface area (Å²) in [6.45, 7) is 4.92. The number of nitrogens with two attached hydrogens (primary N) is 1. The first kappa shape index (κ1) is 16.5. The number of carbonyl (C=O) groups excluding carboxylic acids is 1. The minimum absolute atomic E-state index is 0.0377. The summed E-state index contributed by atoms with van der Waals surface area (Å²) in [5.74, 6) is -0.0377. The van der Waals surface area contributed by atoms with Gasteiger partial charge in [0.25, 0.3) is 5.91 Å². The highest BCUT2D eigenvalue weighted by molar-refractivity contribution is 5.93. The van der Waals surface area contributed by atoms with Gasteiger partial charge < -0.3 is 24.7 Å². The van der Waals surface area contributed by atoms with Crippen molar-refractivity contribution in [3.05, 3.63) is 18.0 Å². The third-order valence-corrected chi connectivity index (χ3v) is 3.02. The van der Waals surface area contributed by atoms with Gasteiger partial charge in [0.2, 0.25) is 0 Å². The summed E-state index contributed by atoms with van der Waals surface area (Å²) < 4.78 is 12.0. The number of aromatic nitrogens is 1. The predicted octanol–water partition coefficient (Wildman–Crippen LogP) is 1.22. The number of anilines is 1. The summed E-state index contributed by atoms with van der Waals surface area (Å²) in [6.07, 6.45) is 2.76. The summed E-state index contributed by atoms with van der Waals surface area (Å²) in [5.41, 5.74) is 7.04. The second kappa shape index (κ2) is 8.60. The van der Waals surface area contributed by atoms with E-state index < -0.39 is 0 Å². The number of nitrogens with zero attached hydrogens (tertiary/aromatic N) is 2. The average molecular weight is 283 g/mol. The molecule has 0 aliphatic carbocycles. The molecule has 0 saturated heterocycles. The maximum Gasteiger partial charge on any atom is 0.270 e. The average Bonchev–Trinajstić information content (AvgIpc) is 2.80. The minimum Gasteiger partial charge on any atom is -0.397 e. The molecule has 0 aromatic carbocycles. The molecule has 20 heavy (non-hydrogen) atoms. The van der Waals surface area contributed by atoms with Crippen LogP contribution in [0.3, 0.4) is 0 Å². The van der Waals surface area contributed by atoms with Crippen LogP contribution in [0.2, 0.25) is 0 Å². The normalized spacial score (nSPS) is 10.8. The molecule has 0 unspecified atom stereocenters. The molecule has 0 spiro atoms. The molecular formula is C14H25N3O3. The second-order valence-electron chi connectivity index (χ2n) is 4.63. The van der Waals surface area contributed by atoms with E-state index in [-0.39, 0.29) is 5.91 Å². The van der Waals surface area contributed by atoms with Crippen LogP contribution in [-0.4, -0.2) is 55.9 Å². The molecule has 6 nitrogen and oxygen atoms in total. The number of amides is 1. The highest BCUT2D eigenvalue weighted by Gasteiger charge is 2.19. The van der Waals surface area contributed by atoms with Crippen molar-refractivity contribution in [2.75, 3.05) is 46.3 Å². The fraction of sp³-hybridized carbons (Fsp3) is 0.643. The van der Waals surface area contributed by atoms with Gasteiger partial charge in [0.15, 0.2) is 0 Å². The summed E-state index contributed by atoms with van der Waals surface area (Å²) >= 11 is 0. The zero-order chi connectivity index (χ0) is 15.0. The van der Waals surface area contributed by atoms with Crippen molar-refractivity contribution in [1.82, 2.24) is 9.47 Å². The van der Waals surface area contributed by atoms with Crippen molar-refractivity contribution in [3.8, 4) is 0 Å². The molecule has 0 atom stereocenters. The van der Waals surface area contributed by atoms with E-state index >= 15 is 0 Å². The van der Waals surface area contributed by atoms with Crippen LogP contribution in [0.1, 0.15) is 23.8 Å². The first-order valence-electron chi connectivity index (χ1n) is 6.86. The van der Waals surface area contributed by atoms with Crippen molar-refractivity contribution >= 4 is 11.6 Å². The molecule has 1 aromatic rings. The van der Waals surface area contributed by atoms with Gasteiger partial charge in [-0.15, -0.1) is 0 Å². The number of carbonyl (C=O) groups is 1. The molecule has 1 aromatic heterocycles. The highest BCUT2D eigenvalue weighted by atomic mass is 16.5. The Balaban J connectivity index is 2.86. The first-order valence-corrected chi connectivity index (χ1v) is 6.86. The standard InChI is InChI=1S/C14H25N3O3/c1-4-5-17-11-12(15)10-13(17)14(18)16(6-8-19-2)7-9-20-3/h10-11H,4-9,15H2,1-3H3. The van der Waals surface area contributed by atoms with Crippen molar-refractivity contribution in [2.45, 2.75) is 19.9 Å². The highest BCUT2D eigenvalue weighted by Crippen LogP contribution is 2.14. The van der Waals surface area contributed by atoms with E-state index in [2.05, 4.69) is 6.92 Å². The zero-order valence-electron chi connectivity index (χ0n) is 12.6. The van der Waals surface area contributed by atoms with Crippen LogP contribution in [0.4, 0.5) is 5.69 Å².